The molecule has 0 radical (unpaired) electrons. The van der Waals surface area contributed by atoms with E-state index in [2.05, 4.69) is 15.4 Å². The van der Waals surface area contributed by atoms with Crippen LogP contribution in [0, 0.1) is 5.92 Å². The number of rotatable bonds is 2. The molecule has 2 aromatic rings. The second-order valence-electron chi connectivity index (χ2n) is 5.59. The zero-order valence-electron chi connectivity index (χ0n) is 12.9. The highest BCUT2D eigenvalue weighted by Gasteiger charge is 2.38. The number of nitrogens with one attached hydrogen (secondary N) is 1. The first-order valence-electron chi connectivity index (χ1n) is 7.13. The molecule has 24 heavy (non-hydrogen) atoms. The summed E-state index contributed by atoms with van der Waals surface area (Å²) in [5.41, 5.74) is -0.990. The standard InChI is InChI=1S/C14H14F3N5O2/c1-18-12(23)8-5-22(6-8)13(24)7-3-9-10(14(15,16)17)20-21(2)11(9)19-4-7/h3-4,8H,5-6H2,1-2H3,(H,18,23). The van der Waals surface area contributed by atoms with E-state index in [9.17, 15) is 22.8 Å². The minimum Gasteiger partial charge on any atom is -0.359 e. The van der Waals surface area contributed by atoms with Gasteiger partial charge in [-0.15, -0.1) is 0 Å². The third-order valence-electron chi connectivity index (χ3n) is 3.98. The lowest BCUT2D eigenvalue weighted by Gasteiger charge is -2.37. The summed E-state index contributed by atoms with van der Waals surface area (Å²) in [5, 5.41) is 5.71. The number of carbonyl (C=O) groups excluding carboxylic acids is 2. The highest BCUT2D eigenvalue weighted by atomic mass is 19.4. The number of pyridine rings is 1. The van der Waals surface area contributed by atoms with Crippen molar-refractivity contribution in [1.82, 2.24) is 25.0 Å². The van der Waals surface area contributed by atoms with Crippen molar-refractivity contribution >= 4 is 22.8 Å². The SMILES string of the molecule is CNC(=O)C1CN(C(=O)c2cnc3c(c2)c(C(F)(F)F)nn3C)C1. The van der Waals surface area contributed by atoms with Gasteiger partial charge in [-0.25, -0.2) is 9.67 Å². The normalized spacial score (nSPS) is 15.5. The van der Waals surface area contributed by atoms with Gasteiger partial charge >= 0.3 is 6.18 Å². The quantitative estimate of drug-likeness (QED) is 0.876. The van der Waals surface area contributed by atoms with Crippen molar-refractivity contribution in [2.24, 2.45) is 13.0 Å². The van der Waals surface area contributed by atoms with Crippen LogP contribution in [0.2, 0.25) is 0 Å². The van der Waals surface area contributed by atoms with E-state index in [4.69, 9.17) is 0 Å². The number of fused-ring (bicyclic) bond motifs is 1. The average molecular weight is 341 g/mol. The molecular formula is C14H14F3N5O2. The van der Waals surface area contributed by atoms with E-state index >= 15 is 0 Å². The molecule has 7 nitrogen and oxygen atoms in total. The predicted molar refractivity (Wildman–Crippen MR) is 77.0 cm³/mol. The lowest BCUT2D eigenvalue weighted by atomic mass is 9.98. The summed E-state index contributed by atoms with van der Waals surface area (Å²) < 4.78 is 40.1. The molecule has 1 N–H and O–H groups in total. The second-order valence-corrected chi connectivity index (χ2v) is 5.59. The van der Waals surface area contributed by atoms with Crippen LogP contribution in [-0.2, 0) is 18.0 Å². The summed E-state index contributed by atoms with van der Waals surface area (Å²) in [5.74, 6) is -0.916. The number of hydrogen-bond donors (Lipinski definition) is 1. The molecule has 2 aromatic heterocycles. The third kappa shape index (κ3) is 2.57. The van der Waals surface area contributed by atoms with Gasteiger partial charge in [-0.2, -0.15) is 18.3 Å². The number of nitrogens with zero attached hydrogens (tertiary/aromatic N) is 4. The van der Waals surface area contributed by atoms with Crippen LogP contribution >= 0.6 is 0 Å². The molecule has 0 saturated carbocycles. The van der Waals surface area contributed by atoms with Crippen molar-refractivity contribution < 1.29 is 22.8 Å². The first-order chi connectivity index (χ1) is 11.2. The Balaban J connectivity index is 1.89. The average Bonchev–Trinajstić information content (AvgIpc) is 2.82. The van der Waals surface area contributed by atoms with Crippen LogP contribution in [0.4, 0.5) is 13.2 Å². The molecule has 0 spiro atoms. The molecule has 128 valence electrons. The summed E-state index contributed by atoms with van der Waals surface area (Å²) >= 11 is 0. The number of alkyl halides is 3. The smallest absolute Gasteiger partial charge is 0.359 e. The summed E-state index contributed by atoms with van der Waals surface area (Å²) in [7, 11) is 2.86. The van der Waals surface area contributed by atoms with Gasteiger partial charge in [0.25, 0.3) is 5.91 Å². The number of carbonyl (C=O) groups is 2. The van der Waals surface area contributed by atoms with E-state index in [1.165, 1.54) is 25.2 Å². The molecule has 2 amide bonds. The zero-order chi connectivity index (χ0) is 17.6. The summed E-state index contributed by atoms with van der Waals surface area (Å²) in [6, 6.07) is 1.15. The molecule has 0 bridgehead atoms. The van der Waals surface area contributed by atoms with Crippen molar-refractivity contribution in [1.29, 1.82) is 0 Å². The third-order valence-corrected chi connectivity index (χ3v) is 3.98. The van der Waals surface area contributed by atoms with E-state index < -0.39 is 17.8 Å². The Morgan fingerprint density at radius 2 is 2.00 bits per heavy atom. The van der Waals surface area contributed by atoms with Crippen LogP contribution in [0.5, 0.6) is 0 Å². The molecule has 0 atom stereocenters. The van der Waals surface area contributed by atoms with E-state index in [1.54, 1.807) is 0 Å². The van der Waals surface area contributed by atoms with Crippen LogP contribution in [0.15, 0.2) is 12.3 Å². The maximum Gasteiger partial charge on any atom is 0.435 e. The van der Waals surface area contributed by atoms with Crippen molar-refractivity contribution in [3.05, 3.63) is 23.5 Å². The Morgan fingerprint density at radius 1 is 1.33 bits per heavy atom. The van der Waals surface area contributed by atoms with Crippen molar-refractivity contribution in [3.8, 4) is 0 Å². The molecule has 1 aliphatic heterocycles. The maximum absolute atomic E-state index is 13.0. The number of aromatic nitrogens is 3. The van der Waals surface area contributed by atoms with Gasteiger partial charge in [0.1, 0.15) is 0 Å². The minimum atomic E-state index is -4.63. The number of hydrogen-bond acceptors (Lipinski definition) is 4. The fraction of sp³-hybridized carbons (Fsp3) is 0.429. The molecule has 1 saturated heterocycles. The van der Waals surface area contributed by atoms with Gasteiger partial charge in [0.05, 0.1) is 16.9 Å². The first kappa shape index (κ1) is 16.2. The number of amides is 2. The second kappa shape index (κ2) is 5.46. The van der Waals surface area contributed by atoms with Gasteiger partial charge < -0.3 is 10.2 Å². The molecular weight excluding hydrogens is 327 g/mol. The van der Waals surface area contributed by atoms with Crippen LogP contribution in [0.3, 0.4) is 0 Å². The summed E-state index contributed by atoms with van der Waals surface area (Å²) in [4.78, 5) is 29.1. The van der Waals surface area contributed by atoms with E-state index in [1.807, 2.05) is 0 Å². The lowest BCUT2D eigenvalue weighted by molar-refractivity contribution is -0.140. The van der Waals surface area contributed by atoms with Gasteiger partial charge in [-0.3, -0.25) is 9.59 Å². The van der Waals surface area contributed by atoms with E-state index in [-0.39, 0.29) is 41.5 Å². The fourth-order valence-electron chi connectivity index (χ4n) is 2.66. The minimum absolute atomic E-state index is 0.0383. The molecule has 1 fully saturated rings. The maximum atomic E-state index is 13.0. The van der Waals surface area contributed by atoms with Crippen molar-refractivity contribution in [3.63, 3.8) is 0 Å². The Labute approximate surface area is 134 Å². The highest BCUT2D eigenvalue weighted by Crippen LogP contribution is 2.33. The predicted octanol–water partition coefficient (Wildman–Crippen LogP) is 0.805. The summed E-state index contributed by atoms with van der Waals surface area (Å²) in [6.07, 6.45) is -3.41. The highest BCUT2D eigenvalue weighted by molar-refractivity contribution is 5.98. The van der Waals surface area contributed by atoms with Gasteiger partial charge in [-0.1, -0.05) is 0 Å². The van der Waals surface area contributed by atoms with Crippen LogP contribution in [0.1, 0.15) is 16.1 Å². The number of halogens is 3. The van der Waals surface area contributed by atoms with Gasteiger partial charge in [0.2, 0.25) is 5.91 Å². The Morgan fingerprint density at radius 3 is 2.58 bits per heavy atom. The van der Waals surface area contributed by atoms with Crippen LogP contribution in [-0.4, -0.2) is 51.6 Å². The first-order valence-corrected chi connectivity index (χ1v) is 7.13. The van der Waals surface area contributed by atoms with E-state index in [0.717, 1.165) is 10.7 Å². The molecule has 10 heteroatoms. The molecule has 1 aliphatic rings. The Kier molecular flexibility index (Phi) is 3.69. The van der Waals surface area contributed by atoms with Crippen molar-refractivity contribution in [2.75, 3.05) is 20.1 Å². The van der Waals surface area contributed by atoms with Gasteiger partial charge in [-0.05, 0) is 6.07 Å². The van der Waals surface area contributed by atoms with Crippen molar-refractivity contribution in [2.45, 2.75) is 6.18 Å². The molecule has 0 aromatic carbocycles. The summed E-state index contributed by atoms with van der Waals surface area (Å²) in [6.45, 7) is 0.464. The number of likely N-dealkylation sites (tertiary alicyclic amines) is 1. The fourth-order valence-corrected chi connectivity index (χ4v) is 2.66. The zero-order valence-corrected chi connectivity index (χ0v) is 12.9. The topological polar surface area (TPSA) is 80.1 Å². The molecule has 0 unspecified atom stereocenters. The van der Waals surface area contributed by atoms with Gasteiger partial charge in [0, 0.05) is 33.4 Å². The van der Waals surface area contributed by atoms with Gasteiger partial charge in [0.15, 0.2) is 11.3 Å². The monoisotopic (exact) mass is 341 g/mol. The Bertz CT molecular complexity index is 824. The largest absolute Gasteiger partial charge is 0.435 e. The van der Waals surface area contributed by atoms with Crippen LogP contribution in [0.25, 0.3) is 11.0 Å². The molecule has 3 heterocycles. The van der Waals surface area contributed by atoms with E-state index in [0.29, 0.717) is 0 Å². The van der Waals surface area contributed by atoms with Crippen LogP contribution < -0.4 is 5.32 Å². The molecule has 0 aliphatic carbocycles. The lowest BCUT2D eigenvalue weighted by Crippen LogP contribution is -2.55. The molecule has 3 rings (SSSR count). The Hall–Kier alpha value is -2.65. The number of aryl methyl sites for hydroxylation is 1.